The van der Waals surface area contributed by atoms with Crippen molar-refractivity contribution in [3.05, 3.63) is 16.1 Å². The zero-order valence-electron chi connectivity index (χ0n) is 10.6. The van der Waals surface area contributed by atoms with E-state index in [0.29, 0.717) is 0 Å². The third-order valence-electron chi connectivity index (χ3n) is 4.35. The smallest absolute Gasteiger partial charge is 0.0961 e. The first-order valence-corrected chi connectivity index (χ1v) is 7.83. The van der Waals surface area contributed by atoms with Gasteiger partial charge in [-0.3, -0.25) is 0 Å². The van der Waals surface area contributed by atoms with E-state index in [-0.39, 0.29) is 0 Å². The van der Waals surface area contributed by atoms with Crippen molar-refractivity contribution in [2.24, 2.45) is 11.8 Å². The number of hydrogen-bond acceptors (Lipinski definition) is 3. The van der Waals surface area contributed by atoms with E-state index in [9.17, 15) is 0 Å². The van der Waals surface area contributed by atoms with E-state index < -0.39 is 0 Å². The van der Waals surface area contributed by atoms with Crippen molar-refractivity contribution in [1.29, 1.82) is 0 Å². The van der Waals surface area contributed by atoms with Gasteiger partial charge in [0.15, 0.2) is 0 Å². The minimum atomic E-state index is 0.804. The maximum atomic E-state index is 4.67. The minimum Gasteiger partial charge on any atom is -0.312 e. The SMILES string of the molecule is CCCNCc1cnc(C2CC3CCC2C3)s1. The van der Waals surface area contributed by atoms with E-state index in [4.69, 9.17) is 0 Å². The number of thiazole rings is 1. The van der Waals surface area contributed by atoms with Gasteiger partial charge in [-0.25, -0.2) is 4.98 Å². The molecule has 3 atom stereocenters. The van der Waals surface area contributed by atoms with Gasteiger partial charge in [-0.15, -0.1) is 11.3 Å². The molecular formula is C14H22N2S. The summed E-state index contributed by atoms with van der Waals surface area (Å²) in [5.74, 6) is 2.79. The van der Waals surface area contributed by atoms with Crippen molar-refractivity contribution in [3.63, 3.8) is 0 Å². The fourth-order valence-corrected chi connectivity index (χ4v) is 4.61. The Bertz CT molecular complexity index is 374. The maximum Gasteiger partial charge on any atom is 0.0961 e. The van der Waals surface area contributed by atoms with Gasteiger partial charge in [-0.2, -0.15) is 0 Å². The molecule has 1 aromatic heterocycles. The summed E-state index contributed by atoms with van der Waals surface area (Å²) in [5.41, 5.74) is 0. The second-order valence-electron chi connectivity index (χ2n) is 5.62. The average Bonchev–Trinajstić information content (AvgIpc) is 3.04. The quantitative estimate of drug-likeness (QED) is 0.808. The highest BCUT2D eigenvalue weighted by atomic mass is 32.1. The highest BCUT2D eigenvalue weighted by molar-refractivity contribution is 7.11. The summed E-state index contributed by atoms with van der Waals surface area (Å²) in [4.78, 5) is 6.09. The Kier molecular flexibility index (Phi) is 3.48. The standard InChI is InChI=1S/C14H22N2S/c1-2-5-15-8-12-9-16-14(17-12)13-7-10-3-4-11(13)6-10/h9-11,13,15H,2-8H2,1H3. The van der Waals surface area contributed by atoms with E-state index in [2.05, 4.69) is 23.4 Å². The molecule has 0 aromatic carbocycles. The highest BCUT2D eigenvalue weighted by Crippen LogP contribution is 2.53. The van der Waals surface area contributed by atoms with Crippen LogP contribution in [0, 0.1) is 11.8 Å². The van der Waals surface area contributed by atoms with Crippen LogP contribution >= 0.6 is 11.3 Å². The molecule has 0 spiro atoms. The molecule has 3 unspecified atom stereocenters. The molecule has 2 fully saturated rings. The Morgan fingerprint density at radius 3 is 3.06 bits per heavy atom. The molecule has 1 heterocycles. The summed E-state index contributed by atoms with van der Waals surface area (Å²) < 4.78 is 0. The fourth-order valence-electron chi connectivity index (χ4n) is 3.51. The zero-order chi connectivity index (χ0) is 11.7. The Morgan fingerprint density at radius 1 is 1.41 bits per heavy atom. The van der Waals surface area contributed by atoms with Crippen LogP contribution < -0.4 is 5.32 Å². The molecular weight excluding hydrogens is 228 g/mol. The largest absolute Gasteiger partial charge is 0.312 e. The first kappa shape index (κ1) is 11.7. The van der Waals surface area contributed by atoms with Gasteiger partial charge in [-0.1, -0.05) is 13.3 Å². The number of hydrogen-bond donors (Lipinski definition) is 1. The lowest BCUT2D eigenvalue weighted by Crippen LogP contribution is -2.12. The lowest BCUT2D eigenvalue weighted by atomic mass is 9.89. The van der Waals surface area contributed by atoms with Crippen LogP contribution in [0.1, 0.15) is 54.8 Å². The second kappa shape index (κ2) is 5.07. The number of nitrogens with one attached hydrogen (secondary N) is 1. The van der Waals surface area contributed by atoms with Gasteiger partial charge in [0.1, 0.15) is 0 Å². The summed E-state index contributed by atoms with van der Waals surface area (Å²) in [7, 11) is 0. The number of aromatic nitrogens is 1. The summed E-state index contributed by atoms with van der Waals surface area (Å²) in [6.45, 7) is 4.33. The molecule has 1 aromatic rings. The second-order valence-corrected chi connectivity index (χ2v) is 6.77. The molecule has 94 valence electrons. The van der Waals surface area contributed by atoms with Crippen molar-refractivity contribution in [3.8, 4) is 0 Å². The molecule has 3 heteroatoms. The van der Waals surface area contributed by atoms with Crippen LogP contribution in [0.15, 0.2) is 6.20 Å². The molecule has 2 bridgehead atoms. The van der Waals surface area contributed by atoms with Gasteiger partial charge in [-0.05, 0) is 44.1 Å². The lowest BCUT2D eigenvalue weighted by Gasteiger charge is -2.18. The molecule has 3 rings (SSSR count). The van der Waals surface area contributed by atoms with Crippen molar-refractivity contribution in [2.75, 3.05) is 6.54 Å². The van der Waals surface area contributed by atoms with Crippen LogP contribution in [-0.2, 0) is 6.54 Å². The normalized spacial score (nSPS) is 31.2. The van der Waals surface area contributed by atoms with Gasteiger partial charge in [0.05, 0.1) is 5.01 Å². The van der Waals surface area contributed by atoms with E-state index in [1.54, 1.807) is 0 Å². The van der Waals surface area contributed by atoms with Crippen LogP contribution in [0.3, 0.4) is 0 Å². The van der Waals surface area contributed by atoms with Crippen LogP contribution in [-0.4, -0.2) is 11.5 Å². The van der Waals surface area contributed by atoms with Crippen molar-refractivity contribution >= 4 is 11.3 Å². The summed E-state index contributed by atoms with van der Waals surface area (Å²) in [5, 5.41) is 4.88. The molecule has 2 aliphatic carbocycles. The van der Waals surface area contributed by atoms with Gasteiger partial charge >= 0.3 is 0 Å². The van der Waals surface area contributed by atoms with E-state index in [0.717, 1.165) is 30.8 Å². The van der Waals surface area contributed by atoms with Crippen molar-refractivity contribution in [2.45, 2.75) is 51.5 Å². The maximum absolute atomic E-state index is 4.67. The molecule has 0 amide bonds. The van der Waals surface area contributed by atoms with Gasteiger partial charge in [0.25, 0.3) is 0 Å². The van der Waals surface area contributed by atoms with Crippen molar-refractivity contribution < 1.29 is 0 Å². The molecule has 2 aliphatic rings. The predicted octanol–water partition coefficient (Wildman–Crippen LogP) is 3.55. The van der Waals surface area contributed by atoms with Gasteiger partial charge in [0, 0.05) is 23.5 Å². The third-order valence-corrected chi connectivity index (χ3v) is 5.48. The Balaban J connectivity index is 1.60. The molecule has 0 radical (unpaired) electrons. The molecule has 17 heavy (non-hydrogen) atoms. The summed E-state index contributed by atoms with van der Waals surface area (Å²) in [6, 6.07) is 0. The fraction of sp³-hybridized carbons (Fsp3) is 0.786. The minimum absolute atomic E-state index is 0.804. The third kappa shape index (κ3) is 2.41. The number of rotatable bonds is 5. The number of fused-ring (bicyclic) bond motifs is 2. The molecule has 0 aliphatic heterocycles. The highest BCUT2D eigenvalue weighted by Gasteiger charge is 2.41. The van der Waals surface area contributed by atoms with E-state index in [1.807, 2.05) is 11.3 Å². The average molecular weight is 250 g/mol. The lowest BCUT2D eigenvalue weighted by molar-refractivity contribution is 0.419. The van der Waals surface area contributed by atoms with Crippen LogP contribution in [0.25, 0.3) is 0 Å². The molecule has 0 saturated heterocycles. The van der Waals surface area contributed by atoms with Crippen LogP contribution in [0.4, 0.5) is 0 Å². The van der Waals surface area contributed by atoms with E-state index >= 15 is 0 Å². The Hall–Kier alpha value is -0.410. The van der Waals surface area contributed by atoms with Crippen LogP contribution in [0.5, 0.6) is 0 Å². The van der Waals surface area contributed by atoms with Crippen LogP contribution in [0.2, 0.25) is 0 Å². The topological polar surface area (TPSA) is 24.9 Å². The van der Waals surface area contributed by atoms with E-state index in [1.165, 1.54) is 42.0 Å². The molecule has 1 N–H and O–H groups in total. The van der Waals surface area contributed by atoms with Gasteiger partial charge < -0.3 is 5.32 Å². The monoisotopic (exact) mass is 250 g/mol. The predicted molar refractivity (Wildman–Crippen MR) is 72.3 cm³/mol. The van der Waals surface area contributed by atoms with Gasteiger partial charge in [0.2, 0.25) is 0 Å². The zero-order valence-corrected chi connectivity index (χ0v) is 11.4. The first-order chi connectivity index (χ1) is 8.36. The summed E-state index contributed by atoms with van der Waals surface area (Å²) in [6.07, 6.45) is 9.14. The first-order valence-electron chi connectivity index (χ1n) is 7.02. The summed E-state index contributed by atoms with van der Waals surface area (Å²) >= 11 is 1.95. The Labute approximate surface area is 108 Å². The number of nitrogens with zero attached hydrogens (tertiary/aromatic N) is 1. The molecule has 2 saturated carbocycles. The van der Waals surface area contributed by atoms with Crippen molar-refractivity contribution in [1.82, 2.24) is 10.3 Å². The molecule has 2 nitrogen and oxygen atoms in total. The Morgan fingerprint density at radius 2 is 2.35 bits per heavy atom.